The maximum absolute atomic E-state index is 5.28. The van der Waals surface area contributed by atoms with E-state index in [0.29, 0.717) is 5.92 Å². The van der Waals surface area contributed by atoms with Crippen molar-refractivity contribution >= 4 is 35.6 Å². The summed E-state index contributed by atoms with van der Waals surface area (Å²) < 4.78 is 0. The van der Waals surface area contributed by atoms with E-state index in [4.69, 9.17) is 11.5 Å². The van der Waals surface area contributed by atoms with Gasteiger partial charge < -0.3 is 11.5 Å². The van der Waals surface area contributed by atoms with Gasteiger partial charge in [0.25, 0.3) is 0 Å². The smallest absolute Gasteiger partial charge is 0.191 e. The fraction of sp³-hybridized carbons (Fsp3) is 0.300. The lowest BCUT2D eigenvalue weighted by Gasteiger charge is -2.05. The van der Waals surface area contributed by atoms with E-state index in [9.17, 15) is 0 Å². The first kappa shape index (κ1) is 13.2. The van der Waals surface area contributed by atoms with Crippen LogP contribution >= 0.6 is 24.0 Å². The van der Waals surface area contributed by atoms with Gasteiger partial charge in [-0.1, -0.05) is 26.0 Å². The molecule has 4 heteroatoms. The molecule has 0 aromatic heterocycles. The Morgan fingerprint density at radius 2 is 1.93 bits per heavy atom. The highest BCUT2D eigenvalue weighted by Crippen LogP contribution is 2.19. The zero-order valence-electron chi connectivity index (χ0n) is 8.40. The van der Waals surface area contributed by atoms with E-state index < -0.39 is 0 Å². The van der Waals surface area contributed by atoms with Crippen molar-refractivity contribution in [3.05, 3.63) is 29.8 Å². The first-order valence-electron chi connectivity index (χ1n) is 4.29. The minimum absolute atomic E-state index is 0. The van der Waals surface area contributed by atoms with Gasteiger partial charge in [0, 0.05) is 0 Å². The summed E-state index contributed by atoms with van der Waals surface area (Å²) in [7, 11) is 0. The van der Waals surface area contributed by atoms with Crippen LogP contribution in [0.25, 0.3) is 0 Å². The first-order valence-corrected chi connectivity index (χ1v) is 4.29. The fourth-order valence-corrected chi connectivity index (χ4v) is 1.10. The molecule has 0 saturated heterocycles. The number of halogens is 1. The summed E-state index contributed by atoms with van der Waals surface area (Å²) in [6.45, 7) is 4.27. The molecule has 0 spiro atoms. The van der Waals surface area contributed by atoms with Gasteiger partial charge in [-0.15, -0.1) is 24.0 Å². The predicted octanol–water partition coefficient (Wildman–Crippen LogP) is 2.33. The molecular formula is C10H16IN3. The molecule has 0 fully saturated rings. The molecule has 0 bridgehead atoms. The summed E-state index contributed by atoms with van der Waals surface area (Å²) in [5, 5.41) is 0. The lowest BCUT2D eigenvalue weighted by atomic mass is 10.0. The minimum Gasteiger partial charge on any atom is -0.370 e. The molecule has 0 heterocycles. The van der Waals surface area contributed by atoms with Crippen LogP contribution in [0, 0.1) is 0 Å². The molecule has 3 nitrogen and oxygen atoms in total. The van der Waals surface area contributed by atoms with Gasteiger partial charge in [0.2, 0.25) is 0 Å². The molecule has 0 aliphatic carbocycles. The molecule has 1 rings (SSSR count). The van der Waals surface area contributed by atoms with Gasteiger partial charge in [-0.2, -0.15) is 0 Å². The Kier molecular flexibility index (Phi) is 5.52. The predicted molar refractivity (Wildman–Crippen MR) is 71.4 cm³/mol. The third kappa shape index (κ3) is 3.95. The summed E-state index contributed by atoms with van der Waals surface area (Å²) >= 11 is 0. The molecule has 0 saturated carbocycles. The Morgan fingerprint density at radius 1 is 1.29 bits per heavy atom. The van der Waals surface area contributed by atoms with Crippen molar-refractivity contribution in [3.8, 4) is 0 Å². The molecule has 4 N–H and O–H groups in total. The van der Waals surface area contributed by atoms with Crippen molar-refractivity contribution in [2.24, 2.45) is 16.5 Å². The van der Waals surface area contributed by atoms with Gasteiger partial charge in [0.1, 0.15) is 0 Å². The minimum atomic E-state index is 0. The molecule has 0 amide bonds. The average molecular weight is 305 g/mol. The SMILES string of the molecule is CC(C)c1cccc(N=C(N)N)c1.I. The van der Waals surface area contributed by atoms with Crippen molar-refractivity contribution in [3.63, 3.8) is 0 Å². The number of nitrogens with two attached hydrogens (primary N) is 2. The highest BCUT2D eigenvalue weighted by Gasteiger charge is 1.98. The maximum atomic E-state index is 5.28. The highest BCUT2D eigenvalue weighted by molar-refractivity contribution is 14.0. The van der Waals surface area contributed by atoms with Crippen LogP contribution in [0.2, 0.25) is 0 Å². The molecule has 1 aromatic carbocycles. The van der Waals surface area contributed by atoms with Gasteiger partial charge in [-0.25, -0.2) is 4.99 Å². The van der Waals surface area contributed by atoms with Crippen LogP contribution in [0.1, 0.15) is 25.3 Å². The number of hydrogen-bond acceptors (Lipinski definition) is 1. The normalized spacial score (nSPS) is 9.36. The second-order valence-electron chi connectivity index (χ2n) is 3.29. The standard InChI is InChI=1S/C10H15N3.HI/c1-7(2)8-4-3-5-9(6-8)13-10(11)12;/h3-7H,1-2H3,(H4,11,12,13);1H. The van der Waals surface area contributed by atoms with Crippen LogP contribution in [0.15, 0.2) is 29.3 Å². The Balaban J connectivity index is 0.00000169. The summed E-state index contributed by atoms with van der Waals surface area (Å²) in [4.78, 5) is 3.97. The fourth-order valence-electron chi connectivity index (χ4n) is 1.10. The van der Waals surface area contributed by atoms with Crippen molar-refractivity contribution in [2.45, 2.75) is 19.8 Å². The number of rotatable bonds is 2. The second kappa shape index (κ2) is 5.85. The topological polar surface area (TPSA) is 64.4 Å². The lowest BCUT2D eigenvalue weighted by Crippen LogP contribution is -2.21. The number of benzene rings is 1. The van der Waals surface area contributed by atoms with Crippen LogP contribution in [0.5, 0.6) is 0 Å². The van der Waals surface area contributed by atoms with Crippen molar-refractivity contribution in [1.29, 1.82) is 0 Å². The molecule has 14 heavy (non-hydrogen) atoms. The van der Waals surface area contributed by atoms with Gasteiger partial charge >= 0.3 is 0 Å². The molecule has 1 aromatic rings. The zero-order chi connectivity index (χ0) is 9.84. The summed E-state index contributed by atoms with van der Waals surface area (Å²) in [5.74, 6) is 0.593. The van der Waals surface area contributed by atoms with Gasteiger partial charge in [-0.05, 0) is 23.6 Å². The van der Waals surface area contributed by atoms with E-state index in [-0.39, 0.29) is 29.9 Å². The Hall–Kier alpha value is -0.780. The molecule has 0 atom stereocenters. The maximum Gasteiger partial charge on any atom is 0.191 e. The number of aliphatic imine (C=N–C) groups is 1. The molecule has 0 unspecified atom stereocenters. The third-order valence-corrected chi connectivity index (χ3v) is 1.80. The summed E-state index contributed by atoms with van der Waals surface area (Å²) in [6, 6.07) is 7.89. The van der Waals surface area contributed by atoms with Crippen molar-refractivity contribution < 1.29 is 0 Å². The molecule has 0 aliphatic heterocycles. The van der Waals surface area contributed by atoms with Gasteiger partial charge in [0.15, 0.2) is 5.96 Å². The highest BCUT2D eigenvalue weighted by atomic mass is 127. The van der Waals surface area contributed by atoms with Crippen LogP contribution in [0.3, 0.4) is 0 Å². The third-order valence-electron chi connectivity index (χ3n) is 1.80. The van der Waals surface area contributed by atoms with E-state index in [1.165, 1.54) is 5.56 Å². The van der Waals surface area contributed by atoms with Crippen LogP contribution < -0.4 is 11.5 Å². The van der Waals surface area contributed by atoms with E-state index >= 15 is 0 Å². The van der Waals surface area contributed by atoms with E-state index in [2.05, 4.69) is 24.9 Å². The monoisotopic (exact) mass is 305 g/mol. The van der Waals surface area contributed by atoms with Crippen LogP contribution in [-0.2, 0) is 0 Å². The molecular weight excluding hydrogens is 289 g/mol. The van der Waals surface area contributed by atoms with E-state index in [1.807, 2.05) is 18.2 Å². The molecule has 78 valence electrons. The van der Waals surface area contributed by atoms with Gasteiger partial charge in [-0.3, -0.25) is 0 Å². The van der Waals surface area contributed by atoms with Crippen molar-refractivity contribution in [2.75, 3.05) is 0 Å². The summed E-state index contributed by atoms with van der Waals surface area (Å²) in [6.07, 6.45) is 0. The van der Waals surface area contributed by atoms with E-state index in [0.717, 1.165) is 5.69 Å². The molecule has 0 radical (unpaired) electrons. The van der Waals surface area contributed by atoms with Gasteiger partial charge in [0.05, 0.1) is 5.69 Å². The summed E-state index contributed by atoms with van der Waals surface area (Å²) in [5.41, 5.74) is 12.6. The second-order valence-corrected chi connectivity index (χ2v) is 3.29. The molecule has 0 aliphatic rings. The average Bonchev–Trinajstić information content (AvgIpc) is 2.03. The number of hydrogen-bond donors (Lipinski definition) is 2. The number of guanidine groups is 1. The Bertz CT molecular complexity index is 317. The van der Waals surface area contributed by atoms with E-state index in [1.54, 1.807) is 0 Å². The quantitative estimate of drug-likeness (QED) is 0.500. The van der Waals surface area contributed by atoms with Crippen LogP contribution in [-0.4, -0.2) is 5.96 Å². The van der Waals surface area contributed by atoms with Crippen LogP contribution in [0.4, 0.5) is 5.69 Å². The Morgan fingerprint density at radius 3 is 2.43 bits per heavy atom. The Labute approximate surface area is 102 Å². The first-order chi connectivity index (χ1) is 6.09. The zero-order valence-corrected chi connectivity index (χ0v) is 10.7. The lowest BCUT2D eigenvalue weighted by molar-refractivity contribution is 0.867. The van der Waals surface area contributed by atoms with Crippen molar-refractivity contribution in [1.82, 2.24) is 0 Å². The number of nitrogens with zero attached hydrogens (tertiary/aromatic N) is 1. The largest absolute Gasteiger partial charge is 0.370 e.